The predicted molar refractivity (Wildman–Crippen MR) is 105 cm³/mol. The third kappa shape index (κ3) is 3.41. The SMILES string of the molecule is CCc1c(-c2ccccc2)c(=O)oc2cc(OCc3nc(=S)[nH][nH]3)ccc12. The van der Waals surface area contributed by atoms with Crippen molar-refractivity contribution in [2.45, 2.75) is 20.0 Å². The minimum absolute atomic E-state index is 0.228. The van der Waals surface area contributed by atoms with Gasteiger partial charge in [0.25, 0.3) is 0 Å². The number of nitrogens with one attached hydrogen (secondary N) is 2. The van der Waals surface area contributed by atoms with E-state index in [1.165, 1.54) is 0 Å². The van der Waals surface area contributed by atoms with Crippen molar-refractivity contribution in [2.24, 2.45) is 0 Å². The van der Waals surface area contributed by atoms with Crippen LogP contribution < -0.4 is 10.4 Å². The maximum absolute atomic E-state index is 12.7. The van der Waals surface area contributed by atoms with Crippen LogP contribution in [-0.2, 0) is 13.0 Å². The molecule has 0 saturated heterocycles. The first-order valence-corrected chi connectivity index (χ1v) is 8.98. The van der Waals surface area contributed by atoms with Gasteiger partial charge < -0.3 is 9.15 Å². The number of nitrogens with zero attached hydrogens (tertiary/aromatic N) is 1. The monoisotopic (exact) mass is 379 g/mol. The first-order chi connectivity index (χ1) is 13.2. The lowest BCUT2D eigenvalue weighted by molar-refractivity contribution is 0.296. The fraction of sp³-hybridized carbons (Fsp3) is 0.150. The topological polar surface area (TPSA) is 83.9 Å². The summed E-state index contributed by atoms with van der Waals surface area (Å²) in [6.07, 6.45) is 0.719. The predicted octanol–water partition coefficient (Wildman–Crippen LogP) is 4.38. The Bertz CT molecular complexity index is 1210. The number of H-pyrrole nitrogens is 2. The van der Waals surface area contributed by atoms with E-state index in [0.29, 0.717) is 27.5 Å². The molecular weight excluding hydrogens is 362 g/mol. The number of aryl methyl sites for hydroxylation is 1. The fourth-order valence-electron chi connectivity index (χ4n) is 3.12. The molecule has 0 unspecified atom stereocenters. The van der Waals surface area contributed by atoms with Crippen LogP contribution in [0.3, 0.4) is 0 Å². The van der Waals surface area contributed by atoms with Gasteiger partial charge in [-0.05, 0) is 41.9 Å². The molecule has 7 heteroatoms. The van der Waals surface area contributed by atoms with E-state index < -0.39 is 0 Å². The largest absolute Gasteiger partial charge is 0.485 e. The summed E-state index contributed by atoms with van der Waals surface area (Å²) in [6, 6.07) is 15.1. The van der Waals surface area contributed by atoms with Crippen molar-refractivity contribution < 1.29 is 9.15 Å². The molecule has 27 heavy (non-hydrogen) atoms. The van der Waals surface area contributed by atoms with Crippen LogP contribution in [0, 0.1) is 4.77 Å². The van der Waals surface area contributed by atoms with Crippen molar-refractivity contribution in [3.8, 4) is 16.9 Å². The van der Waals surface area contributed by atoms with Gasteiger partial charge in [0, 0.05) is 11.5 Å². The molecule has 0 amide bonds. The van der Waals surface area contributed by atoms with E-state index in [1.54, 1.807) is 6.07 Å². The molecule has 0 fully saturated rings. The van der Waals surface area contributed by atoms with Crippen molar-refractivity contribution in [3.05, 3.63) is 75.1 Å². The second-order valence-electron chi connectivity index (χ2n) is 6.02. The fourth-order valence-corrected chi connectivity index (χ4v) is 3.28. The number of ether oxygens (including phenoxy) is 1. The summed E-state index contributed by atoms with van der Waals surface area (Å²) in [7, 11) is 0. The number of aromatic nitrogens is 3. The van der Waals surface area contributed by atoms with Crippen molar-refractivity contribution in [3.63, 3.8) is 0 Å². The molecule has 0 aliphatic heterocycles. The van der Waals surface area contributed by atoms with Gasteiger partial charge >= 0.3 is 5.63 Å². The second-order valence-corrected chi connectivity index (χ2v) is 6.41. The summed E-state index contributed by atoms with van der Waals surface area (Å²) in [6.45, 7) is 2.26. The summed E-state index contributed by atoms with van der Waals surface area (Å²) in [5.41, 5.74) is 2.60. The molecule has 0 bridgehead atoms. The Morgan fingerprint density at radius 3 is 2.67 bits per heavy atom. The van der Waals surface area contributed by atoms with Crippen LogP contribution >= 0.6 is 12.2 Å². The van der Waals surface area contributed by atoms with E-state index >= 15 is 0 Å². The molecular formula is C20H17N3O3S. The molecule has 0 spiro atoms. The minimum Gasteiger partial charge on any atom is -0.485 e. The van der Waals surface area contributed by atoms with Gasteiger partial charge in [-0.15, -0.1) is 0 Å². The van der Waals surface area contributed by atoms with Crippen molar-refractivity contribution in [1.82, 2.24) is 15.2 Å². The van der Waals surface area contributed by atoms with Crippen LogP contribution in [0.5, 0.6) is 5.75 Å². The summed E-state index contributed by atoms with van der Waals surface area (Å²) >= 11 is 4.92. The number of rotatable bonds is 5. The lowest BCUT2D eigenvalue weighted by atomic mass is 9.97. The van der Waals surface area contributed by atoms with Gasteiger partial charge in [0.05, 0.1) is 5.56 Å². The molecule has 0 aliphatic rings. The quantitative estimate of drug-likeness (QED) is 0.397. The Hall–Kier alpha value is -3.19. The summed E-state index contributed by atoms with van der Waals surface area (Å²) in [5.74, 6) is 1.18. The highest BCUT2D eigenvalue weighted by atomic mass is 32.1. The van der Waals surface area contributed by atoms with Crippen LogP contribution in [-0.4, -0.2) is 15.2 Å². The summed E-state index contributed by atoms with van der Waals surface area (Å²) in [5, 5.41) is 6.45. The summed E-state index contributed by atoms with van der Waals surface area (Å²) < 4.78 is 11.7. The van der Waals surface area contributed by atoms with Gasteiger partial charge in [0.2, 0.25) is 4.77 Å². The summed E-state index contributed by atoms with van der Waals surface area (Å²) in [4.78, 5) is 16.7. The normalized spacial score (nSPS) is 11.0. The Labute approximate surface area is 159 Å². The first kappa shape index (κ1) is 17.2. The molecule has 2 N–H and O–H groups in total. The average Bonchev–Trinajstić information content (AvgIpc) is 3.11. The van der Waals surface area contributed by atoms with Crippen LogP contribution in [0.1, 0.15) is 18.3 Å². The lowest BCUT2D eigenvalue weighted by Gasteiger charge is -2.11. The van der Waals surface area contributed by atoms with Gasteiger partial charge in [0.1, 0.15) is 17.9 Å². The van der Waals surface area contributed by atoms with Gasteiger partial charge in [-0.25, -0.2) is 9.78 Å². The van der Waals surface area contributed by atoms with Gasteiger partial charge in [-0.3, -0.25) is 10.2 Å². The van der Waals surface area contributed by atoms with Crippen LogP contribution in [0.25, 0.3) is 22.1 Å². The van der Waals surface area contributed by atoms with Crippen molar-refractivity contribution in [2.75, 3.05) is 0 Å². The lowest BCUT2D eigenvalue weighted by Crippen LogP contribution is -2.08. The Kier molecular flexibility index (Phi) is 4.60. The number of hydrogen-bond acceptors (Lipinski definition) is 5. The number of aromatic amines is 2. The van der Waals surface area contributed by atoms with Crippen LogP contribution in [0.2, 0.25) is 0 Å². The number of benzene rings is 2. The Morgan fingerprint density at radius 1 is 1.15 bits per heavy atom. The molecule has 0 saturated carbocycles. The molecule has 0 radical (unpaired) electrons. The molecule has 2 heterocycles. The smallest absolute Gasteiger partial charge is 0.344 e. The number of hydrogen-bond donors (Lipinski definition) is 2. The highest BCUT2D eigenvalue weighted by Crippen LogP contribution is 2.30. The van der Waals surface area contributed by atoms with Crippen LogP contribution in [0.4, 0.5) is 0 Å². The molecule has 2 aromatic carbocycles. The van der Waals surface area contributed by atoms with E-state index in [4.69, 9.17) is 21.4 Å². The maximum Gasteiger partial charge on any atom is 0.344 e. The Morgan fingerprint density at radius 2 is 1.96 bits per heavy atom. The molecule has 6 nitrogen and oxygen atoms in total. The van der Waals surface area contributed by atoms with E-state index in [1.807, 2.05) is 49.4 Å². The van der Waals surface area contributed by atoms with E-state index in [0.717, 1.165) is 22.9 Å². The molecule has 136 valence electrons. The van der Waals surface area contributed by atoms with E-state index in [-0.39, 0.29) is 12.2 Å². The van der Waals surface area contributed by atoms with Crippen LogP contribution in [0.15, 0.2) is 57.7 Å². The van der Waals surface area contributed by atoms with Gasteiger partial charge in [0.15, 0.2) is 5.82 Å². The highest BCUT2D eigenvalue weighted by Gasteiger charge is 2.15. The third-order valence-electron chi connectivity index (χ3n) is 4.33. The number of fused-ring (bicyclic) bond motifs is 1. The zero-order valence-electron chi connectivity index (χ0n) is 14.6. The molecule has 0 aliphatic carbocycles. The third-order valence-corrected chi connectivity index (χ3v) is 4.52. The minimum atomic E-state index is -0.348. The molecule has 0 atom stereocenters. The van der Waals surface area contributed by atoms with Crippen molar-refractivity contribution >= 4 is 23.2 Å². The molecule has 4 rings (SSSR count). The van der Waals surface area contributed by atoms with Gasteiger partial charge in [-0.2, -0.15) is 0 Å². The van der Waals surface area contributed by atoms with E-state index in [2.05, 4.69) is 15.2 Å². The van der Waals surface area contributed by atoms with Gasteiger partial charge in [-0.1, -0.05) is 37.3 Å². The Balaban J connectivity index is 1.74. The zero-order valence-corrected chi connectivity index (χ0v) is 15.4. The average molecular weight is 379 g/mol. The molecule has 4 aromatic rings. The van der Waals surface area contributed by atoms with E-state index in [9.17, 15) is 4.79 Å². The second kappa shape index (κ2) is 7.20. The standard InChI is InChI=1S/C20H17N3O3S/c1-2-14-15-9-8-13(25-11-17-21-20(27)23-22-17)10-16(15)26-19(24)18(14)12-6-4-3-5-7-12/h3-10H,2,11H2,1H3,(H2,21,22,23,27). The maximum atomic E-state index is 12.7. The van der Waals surface area contributed by atoms with Crippen molar-refractivity contribution in [1.29, 1.82) is 0 Å². The first-order valence-electron chi connectivity index (χ1n) is 8.57. The highest BCUT2D eigenvalue weighted by molar-refractivity contribution is 7.71. The zero-order chi connectivity index (χ0) is 18.8. The molecule has 2 aromatic heterocycles.